The molecule has 0 unspecified atom stereocenters. The molecule has 148 valence electrons. The van der Waals surface area contributed by atoms with E-state index in [2.05, 4.69) is 15.0 Å². The van der Waals surface area contributed by atoms with Gasteiger partial charge in [-0.15, -0.1) is 0 Å². The molecule has 2 amide bonds. The SMILES string of the molecule is COC(=O)Nc1cccc(C(=O)N2CCN(Cc3cccc(Cl)c3Cl)CC2)c1. The molecule has 0 aromatic heterocycles. The lowest BCUT2D eigenvalue weighted by Gasteiger charge is -2.35. The minimum atomic E-state index is -0.571. The third-order valence-electron chi connectivity index (χ3n) is 4.63. The maximum atomic E-state index is 12.8. The molecule has 0 aliphatic carbocycles. The monoisotopic (exact) mass is 421 g/mol. The number of rotatable bonds is 4. The van der Waals surface area contributed by atoms with Gasteiger partial charge in [-0.2, -0.15) is 0 Å². The van der Waals surface area contributed by atoms with Gasteiger partial charge in [0.1, 0.15) is 0 Å². The summed E-state index contributed by atoms with van der Waals surface area (Å²) in [6, 6.07) is 12.5. The molecule has 2 aromatic rings. The largest absolute Gasteiger partial charge is 0.453 e. The van der Waals surface area contributed by atoms with Crippen molar-refractivity contribution in [2.45, 2.75) is 6.54 Å². The van der Waals surface area contributed by atoms with Gasteiger partial charge in [0.15, 0.2) is 0 Å². The van der Waals surface area contributed by atoms with Crippen molar-refractivity contribution in [3.8, 4) is 0 Å². The summed E-state index contributed by atoms with van der Waals surface area (Å²) < 4.78 is 4.58. The molecule has 0 spiro atoms. The number of benzene rings is 2. The summed E-state index contributed by atoms with van der Waals surface area (Å²) >= 11 is 12.4. The van der Waals surface area contributed by atoms with Crippen molar-refractivity contribution in [3.05, 3.63) is 63.6 Å². The van der Waals surface area contributed by atoms with Gasteiger partial charge in [0.2, 0.25) is 0 Å². The average Bonchev–Trinajstić information content (AvgIpc) is 2.71. The third-order valence-corrected chi connectivity index (χ3v) is 5.48. The lowest BCUT2D eigenvalue weighted by Crippen LogP contribution is -2.48. The lowest BCUT2D eigenvalue weighted by atomic mass is 10.1. The van der Waals surface area contributed by atoms with Crippen LogP contribution in [0.15, 0.2) is 42.5 Å². The zero-order chi connectivity index (χ0) is 20.1. The molecule has 1 N–H and O–H groups in total. The Hall–Kier alpha value is -2.28. The molecule has 8 heteroatoms. The summed E-state index contributed by atoms with van der Waals surface area (Å²) in [5.74, 6) is -0.0612. The van der Waals surface area contributed by atoms with Gasteiger partial charge >= 0.3 is 6.09 Å². The highest BCUT2D eigenvalue weighted by molar-refractivity contribution is 6.42. The van der Waals surface area contributed by atoms with E-state index in [1.54, 1.807) is 30.3 Å². The lowest BCUT2D eigenvalue weighted by molar-refractivity contribution is 0.0628. The van der Waals surface area contributed by atoms with Gasteiger partial charge in [-0.05, 0) is 29.8 Å². The quantitative estimate of drug-likeness (QED) is 0.805. The van der Waals surface area contributed by atoms with E-state index in [1.165, 1.54) is 7.11 Å². The van der Waals surface area contributed by atoms with Crippen molar-refractivity contribution in [2.75, 3.05) is 38.6 Å². The second kappa shape index (κ2) is 9.28. The maximum Gasteiger partial charge on any atom is 0.411 e. The molecule has 1 heterocycles. The average molecular weight is 422 g/mol. The van der Waals surface area contributed by atoms with Crippen LogP contribution >= 0.6 is 23.2 Å². The number of carbonyl (C=O) groups is 2. The van der Waals surface area contributed by atoms with Gasteiger partial charge in [-0.3, -0.25) is 15.0 Å². The molecule has 1 fully saturated rings. The molecule has 3 rings (SSSR count). The normalized spacial score (nSPS) is 14.6. The summed E-state index contributed by atoms with van der Waals surface area (Å²) in [6.45, 7) is 3.42. The van der Waals surface area contributed by atoms with Gasteiger partial charge in [0.05, 0.1) is 17.2 Å². The first-order chi connectivity index (χ1) is 13.5. The molecule has 1 aliphatic rings. The van der Waals surface area contributed by atoms with E-state index in [4.69, 9.17) is 23.2 Å². The molecule has 2 aromatic carbocycles. The van der Waals surface area contributed by atoms with Gasteiger partial charge in [-0.25, -0.2) is 4.79 Å². The van der Waals surface area contributed by atoms with Gasteiger partial charge in [0.25, 0.3) is 5.91 Å². The number of carbonyl (C=O) groups excluding carboxylic acids is 2. The Morgan fingerprint density at radius 1 is 1.07 bits per heavy atom. The second-order valence-electron chi connectivity index (χ2n) is 6.48. The first-order valence-corrected chi connectivity index (χ1v) is 9.63. The van der Waals surface area contributed by atoms with Crippen molar-refractivity contribution in [1.29, 1.82) is 0 Å². The fourth-order valence-electron chi connectivity index (χ4n) is 3.10. The highest BCUT2D eigenvalue weighted by Gasteiger charge is 2.23. The molecule has 1 aliphatic heterocycles. The molecular formula is C20H21Cl2N3O3. The topological polar surface area (TPSA) is 61.9 Å². The number of nitrogens with zero attached hydrogens (tertiary/aromatic N) is 2. The van der Waals surface area contributed by atoms with E-state index in [1.807, 2.05) is 17.0 Å². The summed E-state index contributed by atoms with van der Waals surface area (Å²) in [6.07, 6.45) is -0.571. The maximum absolute atomic E-state index is 12.8. The Labute approximate surface area is 174 Å². The molecule has 28 heavy (non-hydrogen) atoms. The van der Waals surface area contributed by atoms with Crippen LogP contribution in [0.3, 0.4) is 0 Å². The number of piperazine rings is 1. The summed E-state index contributed by atoms with van der Waals surface area (Å²) in [7, 11) is 1.29. The molecule has 6 nitrogen and oxygen atoms in total. The van der Waals surface area contributed by atoms with Crippen LogP contribution in [-0.2, 0) is 11.3 Å². The predicted octanol–water partition coefficient (Wildman–Crippen LogP) is 4.13. The highest BCUT2D eigenvalue weighted by Crippen LogP contribution is 2.27. The van der Waals surface area contributed by atoms with Crippen LogP contribution in [0.2, 0.25) is 10.0 Å². The minimum absolute atomic E-state index is 0.0612. The molecule has 1 saturated heterocycles. The number of ether oxygens (including phenoxy) is 1. The van der Waals surface area contributed by atoms with E-state index in [0.717, 1.165) is 18.7 Å². The Balaban J connectivity index is 1.59. The first kappa shape index (κ1) is 20.5. The molecule has 0 bridgehead atoms. The number of amides is 2. The van der Waals surface area contributed by atoms with Crippen molar-refractivity contribution in [3.63, 3.8) is 0 Å². The number of anilines is 1. The summed E-state index contributed by atoms with van der Waals surface area (Å²) in [5.41, 5.74) is 2.03. The number of methoxy groups -OCH3 is 1. The minimum Gasteiger partial charge on any atom is -0.453 e. The zero-order valence-electron chi connectivity index (χ0n) is 15.5. The number of hydrogen-bond acceptors (Lipinski definition) is 4. The van der Waals surface area contributed by atoms with Gasteiger partial charge < -0.3 is 9.64 Å². The predicted molar refractivity (Wildman–Crippen MR) is 110 cm³/mol. The smallest absolute Gasteiger partial charge is 0.411 e. The van der Waals surface area contributed by atoms with Crippen LogP contribution in [0.25, 0.3) is 0 Å². The Morgan fingerprint density at radius 3 is 2.50 bits per heavy atom. The van der Waals surface area contributed by atoms with Gasteiger partial charge in [0, 0.05) is 44.0 Å². The van der Waals surface area contributed by atoms with E-state index in [9.17, 15) is 9.59 Å². The molecule has 0 radical (unpaired) electrons. The van der Waals surface area contributed by atoms with E-state index in [-0.39, 0.29) is 5.91 Å². The standard InChI is InChI=1S/C20H21Cl2N3O3/c1-28-20(27)23-16-6-2-4-14(12-16)19(26)25-10-8-24(9-11-25)13-15-5-3-7-17(21)18(15)22/h2-7,12H,8-11,13H2,1H3,(H,23,27). The summed E-state index contributed by atoms with van der Waals surface area (Å²) in [5, 5.41) is 3.70. The summed E-state index contributed by atoms with van der Waals surface area (Å²) in [4.78, 5) is 28.2. The van der Waals surface area contributed by atoms with Crippen LogP contribution in [0.5, 0.6) is 0 Å². The second-order valence-corrected chi connectivity index (χ2v) is 7.26. The first-order valence-electron chi connectivity index (χ1n) is 8.87. The van der Waals surface area contributed by atoms with Crippen LogP contribution < -0.4 is 5.32 Å². The fourth-order valence-corrected chi connectivity index (χ4v) is 3.48. The van der Waals surface area contributed by atoms with Crippen LogP contribution in [0.4, 0.5) is 10.5 Å². The number of nitrogens with one attached hydrogen (secondary N) is 1. The van der Waals surface area contributed by atoms with Crippen molar-refractivity contribution < 1.29 is 14.3 Å². The Kier molecular flexibility index (Phi) is 6.78. The van der Waals surface area contributed by atoms with E-state index in [0.29, 0.717) is 40.9 Å². The third kappa shape index (κ3) is 4.95. The van der Waals surface area contributed by atoms with Gasteiger partial charge in [-0.1, -0.05) is 41.4 Å². The van der Waals surface area contributed by atoms with Crippen molar-refractivity contribution >= 4 is 40.9 Å². The number of halogens is 2. The van der Waals surface area contributed by atoms with E-state index < -0.39 is 6.09 Å². The molecule has 0 saturated carbocycles. The fraction of sp³-hybridized carbons (Fsp3) is 0.300. The van der Waals surface area contributed by atoms with Crippen molar-refractivity contribution in [1.82, 2.24) is 9.80 Å². The Bertz CT molecular complexity index is 868. The molecule has 0 atom stereocenters. The number of hydrogen-bond donors (Lipinski definition) is 1. The molecular weight excluding hydrogens is 401 g/mol. The Morgan fingerprint density at radius 2 is 1.79 bits per heavy atom. The van der Waals surface area contributed by atoms with Crippen LogP contribution in [0.1, 0.15) is 15.9 Å². The van der Waals surface area contributed by atoms with Crippen LogP contribution in [-0.4, -0.2) is 55.1 Å². The van der Waals surface area contributed by atoms with Crippen LogP contribution in [0, 0.1) is 0 Å². The van der Waals surface area contributed by atoms with E-state index >= 15 is 0 Å². The highest BCUT2D eigenvalue weighted by atomic mass is 35.5. The van der Waals surface area contributed by atoms with Crippen molar-refractivity contribution in [2.24, 2.45) is 0 Å². The zero-order valence-corrected chi connectivity index (χ0v) is 17.0.